The lowest BCUT2D eigenvalue weighted by Crippen LogP contribution is -2.38. The zero-order chi connectivity index (χ0) is 31.1. The number of fused-ring (bicyclic) bond motifs is 1. The van der Waals surface area contributed by atoms with E-state index in [0.717, 1.165) is 16.7 Å². The lowest BCUT2D eigenvalue weighted by Gasteiger charge is -2.36. The van der Waals surface area contributed by atoms with E-state index in [1.807, 2.05) is 62.4 Å². The Labute approximate surface area is 255 Å². The van der Waals surface area contributed by atoms with E-state index in [0.29, 0.717) is 57.1 Å². The van der Waals surface area contributed by atoms with Crippen molar-refractivity contribution in [1.82, 2.24) is 5.32 Å². The van der Waals surface area contributed by atoms with Gasteiger partial charge in [-0.1, -0.05) is 35.9 Å². The smallest absolute Gasteiger partial charge is 0.254 e. The quantitative estimate of drug-likeness (QED) is 0.267. The van der Waals surface area contributed by atoms with Crippen molar-refractivity contribution in [3.8, 4) is 11.5 Å². The Balaban J connectivity index is 1.48. The number of hydrogen-bond acceptors (Lipinski definition) is 7. The third-order valence-electron chi connectivity index (χ3n) is 8.61. The molecule has 0 bridgehead atoms. The van der Waals surface area contributed by atoms with Gasteiger partial charge in [-0.15, -0.1) is 0 Å². The van der Waals surface area contributed by atoms with Gasteiger partial charge in [0.05, 0.1) is 31.8 Å². The predicted octanol–water partition coefficient (Wildman–Crippen LogP) is 6.43. The number of Topliss-reactive ketones (excluding diaryl/α,β-unsaturated/α-hetero) is 1. The molecule has 0 unspecified atom stereocenters. The molecule has 44 heavy (non-hydrogen) atoms. The minimum Gasteiger partial charge on any atom is -0.493 e. The van der Waals surface area contributed by atoms with Crippen molar-refractivity contribution in [1.29, 1.82) is 0 Å². The number of aryl methyl sites for hydroxylation is 2. The highest BCUT2D eigenvalue weighted by atomic mass is 16.5. The van der Waals surface area contributed by atoms with Crippen LogP contribution in [-0.4, -0.2) is 25.9 Å². The Morgan fingerprint density at radius 3 is 2.45 bits per heavy atom. The van der Waals surface area contributed by atoms with Crippen molar-refractivity contribution in [2.75, 3.05) is 19.5 Å². The Morgan fingerprint density at radius 2 is 1.70 bits per heavy atom. The van der Waals surface area contributed by atoms with Gasteiger partial charge >= 0.3 is 0 Å². The first-order chi connectivity index (χ1) is 21.2. The second kappa shape index (κ2) is 11.5. The van der Waals surface area contributed by atoms with Gasteiger partial charge in [0.1, 0.15) is 5.58 Å². The number of ketones is 1. The monoisotopic (exact) mass is 590 g/mol. The zero-order valence-corrected chi connectivity index (χ0v) is 25.4. The Hall–Kier alpha value is -5.11. The number of carbonyl (C=O) groups excluding carboxylic acids is 2. The maximum Gasteiger partial charge on any atom is 0.254 e. The Kier molecular flexibility index (Phi) is 7.59. The van der Waals surface area contributed by atoms with E-state index >= 15 is 0 Å². The van der Waals surface area contributed by atoms with Crippen LogP contribution < -0.4 is 25.5 Å². The third kappa shape index (κ3) is 5.06. The average molecular weight is 591 g/mol. The highest BCUT2D eigenvalue weighted by molar-refractivity contribution is 6.10. The van der Waals surface area contributed by atoms with Crippen molar-refractivity contribution in [3.63, 3.8) is 0 Å². The summed E-state index contributed by atoms with van der Waals surface area (Å²) in [5.74, 6) is -0.381. The maximum absolute atomic E-state index is 14.1. The summed E-state index contributed by atoms with van der Waals surface area (Å²) in [7, 11) is 3.16. The number of para-hydroxylation sites is 1. The fourth-order valence-electron chi connectivity index (χ4n) is 6.36. The van der Waals surface area contributed by atoms with E-state index in [9.17, 15) is 14.4 Å². The second-order valence-electron chi connectivity index (χ2n) is 11.4. The molecule has 224 valence electrons. The minimum absolute atomic E-state index is 0.138. The van der Waals surface area contributed by atoms with Crippen LogP contribution in [0.5, 0.6) is 11.5 Å². The van der Waals surface area contributed by atoms with Crippen LogP contribution in [0.25, 0.3) is 11.0 Å². The van der Waals surface area contributed by atoms with Gasteiger partial charge in [-0.05, 0) is 74.6 Å². The van der Waals surface area contributed by atoms with Crippen LogP contribution in [0, 0.1) is 13.8 Å². The first-order valence-electron chi connectivity index (χ1n) is 14.5. The Morgan fingerprint density at radius 1 is 0.932 bits per heavy atom. The first-order valence-corrected chi connectivity index (χ1v) is 14.5. The molecule has 0 radical (unpaired) electrons. The van der Waals surface area contributed by atoms with Gasteiger partial charge in [0.2, 0.25) is 0 Å². The van der Waals surface area contributed by atoms with E-state index in [-0.39, 0.29) is 35.0 Å². The van der Waals surface area contributed by atoms with Crippen LogP contribution >= 0.6 is 0 Å². The summed E-state index contributed by atoms with van der Waals surface area (Å²) in [5.41, 5.74) is 5.82. The van der Waals surface area contributed by atoms with E-state index < -0.39 is 5.92 Å². The molecule has 2 aliphatic rings. The number of benzene rings is 3. The van der Waals surface area contributed by atoms with Crippen molar-refractivity contribution in [2.24, 2.45) is 0 Å². The molecule has 2 atom stereocenters. The lowest BCUT2D eigenvalue weighted by atomic mass is 9.71. The average Bonchev–Trinajstić information content (AvgIpc) is 3.01. The standard InChI is InChI=1S/C36H34N2O6/c1-19-10-12-29-24(14-19)35(40)25(18-44-29)33-32(36(41)38-26-9-7-6-8-20(26)2)21(3)37-27-15-23(16-28(39)34(27)33)22-11-13-30(42-4)31(17-22)43-5/h6-14,17-18,23,33,37H,15-16H2,1-5H3,(H,38,41)/t23-,33+/m0/s1. The van der Waals surface area contributed by atoms with Gasteiger partial charge < -0.3 is 24.5 Å². The highest BCUT2D eigenvalue weighted by Crippen LogP contribution is 2.46. The summed E-state index contributed by atoms with van der Waals surface area (Å²) >= 11 is 0. The summed E-state index contributed by atoms with van der Waals surface area (Å²) in [4.78, 5) is 42.3. The lowest BCUT2D eigenvalue weighted by molar-refractivity contribution is -0.116. The minimum atomic E-state index is -0.907. The molecule has 0 saturated heterocycles. The van der Waals surface area contributed by atoms with Crippen LogP contribution in [0.15, 0.2) is 98.7 Å². The molecule has 3 aromatic carbocycles. The van der Waals surface area contributed by atoms with Gasteiger partial charge in [-0.3, -0.25) is 14.4 Å². The fourth-order valence-corrected chi connectivity index (χ4v) is 6.36. The number of ether oxygens (including phenoxy) is 2. The number of carbonyl (C=O) groups is 2. The van der Waals surface area contributed by atoms with Crippen molar-refractivity contribution in [2.45, 2.75) is 45.4 Å². The molecule has 0 saturated carbocycles. The normalized spacial score (nSPS) is 18.2. The maximum atomic E-state index is 14.1. The highest BCUT2D eigenvalue weighted by Gasteiger charge is 2.42. The number of rotatable bonds is 6. The molecular formula is C36H34N2O6. The molecule has 6 rings (SSSR count). The van der Waals surface area contributed by atoms with Crippen LogP contribution in [0.3, 0.4) is 0 Å². The van der Waals surface area contributed by atoms with Crippen LogP contribution in [0.2, 0.25) is 0 Å². The van der Waals surface area contributed by atoms with Crippen LogP contribution in [0.1, 0.15) is 53.9 Å². The van der Waals surface area contributed by atoms with E-state index in [2.05, 4.69) is 10.6 Å². The third-order valence-corrected chi connectivity index (χ3v) is 8.61. The summed E-state index contributed by atoms with van der Waals surface area (Å²) in [6, 6.07) is 18.6. The van der Waals surface area contributed by atoms with Crippen LogP contribution in [-0.2, 0) is 9.59 Å². The summed E-state index contributed by atoms with van der Waals surface area (Å²) in [6.07, 6.45) is 2.12. The predicted molar refractivity (Wildman–Crippen MR) is 169 cm³/mol. The van der Waals surface area contributed by atoms with E-state index in [1.165, 1.54) is 6.26 Å². The molecular weight excluding hydrogens is 556 g/mol. The number of anilines is 1. The molecule has 8 heteroatoms. The topological polar surface area (TPSA) is 107 Å². The summed E-state index contributed by atoms with van der Waals surface area (Å²) in [5, 5.41) is 6.81. The second-order valence-corrected chi connectivity index (χ2v) is 11.4. The number of methoxy groups -OCH3 is 2. The van der Waals surface area contributed by atoms with Crippen molar-refractivity contribution in [3.05, 3.63) is 122 Å². The first kappa shape index (κ1) is 29.0. The summed E-state index contributed by atoms with van der Waals surface area (Å²) < 4.78 is 16.9. The molecule has 2 heterocycles. The number of amides is 1. The van der Waals surface area contributed by atoms with Gasteiger partial charge in [-0.25, -0.2) is 0 Å². The molecule has 0 fully saturated rings. The van der Waals surface area contributed by atoms with Gasteiger partial charge in [0, 0.05) is 40.2 Å². The molecule has 4 aromatic rings. The van der Waals surface area contributed by atoms with Gasteiger partial charge in [0.25, 0.3) is 5.91 Å². The van der Waals surface area contributed by atoms with Gasteiger partial charge in [-0.2, -0.15) is 0 Å². The summed E-state index contributed by atoms with van der Waals surface area (Å²) in [6.45, 7) is 5.62. The number of dihydropyridines is 1. The Bertz CT molecular complexity index is 1950. The number of nitrogens with one attached hydrogen (secondary N) is 2. The molecule has 8 nitrogen and oxygen atoms in total. The number of hydrogen-bond donors (Lipinski definition) is 2. The molecule has 1 aromatic heterocycles. The van der Waals surface area contributed by atoms with Gasteiger partial charge in [0.15, 0.2) is 22.7 Å². The van der Waals surface area contributed by atoms with Crippen molar-refractivity contribution >= 4 is 28.3 Å². The molecule has 0 spiro atoms. The van der Waals surface area contributed by atoms with Crippen LogP contribution in [0.4, 0.5) is 5.69 Å². The van der Waals surface area contributed by atoms with E-state index in [4.69, 9.17) is 13.9 Å². The van der Waals surface area contributed by atoms with E-state index in [1.54, 1.807) is 33.3 Å². The zero-order valence-electron chi connectivity index (χ0n) is 25.4. The molecule has 1 aliphatic heterocycles. The fraction of sp³-hybridized carbons (Fsp3) is 0.250. The molecule has 2 N–H and O–H groups in total. The SMILES string of the molecule is COc1ccc([C@@H]2CC(=O)C3=C(C2)NC(C)=C(C(=O)Nc2ccccc2C)[C@H]3c2coc3ccc(C)cc3c2=O)cc1OC. The largest absolute Gasteiger partial charge is 0.493 e. The number of allylic oxidation sites excluding steroid dienone is 3. The molecule has 1 amide bonds. The molecule has 1 aliphatic carbocycles. The van der Waals surface area contributed by atoms with Crippen molar-refractivity contribution < 1.29 is 23.5 Å².